The number of nitrogens with two attached hydrogens (primary N) is 1. The average molecular weight is 279 g/mol. The normalized spacial score (nSPS) is 28.8. The number of rotatable bonds is 2. The largest absolute Gasteiger partial charge is 0.322 e. The van der Waals surface area contributed by atoms with Crippen LogP contribution in [0.5, 0.6) is 0 Å². The van der Waals surface area contributed by atoms with Gasteiger partial charge in [0.15, 0.2) is 0 Å². The van der Waals surface area contributed by atoms with Crippen molar-refractivity contribution < 1.29 is 0 Å². The molecule has 0 aromatic heterocycles. The van der Waals surface area contributed by atoms with Crippen molar-refractivity contribution >= 4 is 22.6 Å². The molecule has 0 saturated heterocycles. The second kappa shape index (κ2) is 3.66. The van der Waals surface area contributed by atoms with Gasteiger partial charge in [-0.1, -0.05) is 48.1 Å². The van der Waals surface area contributed by atoms with Gasteiger partial charge in [0, 0.05) is 9.46 Å². The summed E-state index contributed by atoms with van der Waals surface area (Å²) in [5.41, 5.74) is 7.63. The second-order valence-corrected chi connectivity index (χ2v) is 5.97. The summed E-state index contributed by atoms with van der Waals surface area (Å²) in [4.78, 5) is 0. The molecule has 1 aliphatic carbocycles. The topological polar surface area (TPSA) is 26.0 Å². The van der Waals surface area contributed by atoms with Crippen LogP contribution in [0, 0.1) is 5.92 Å². The molecule has 2 atom stereocenters. The lowest BCUT2D eigenvalue weighted by Crippen LogP contribution is -2.43. The van der Waals surface area contributed by atoms with Gasteiger partial charge in [-0.05, 0) is 25.7 Å². The van der Waals surface area contributed by atoms with Crippen LogP contribution in [0.25, 0.3) is 0 Å². The van der Waals surface area contributed by atoms with Crippen molar-refractivity contribution in [1.82, 2.24) is 0 Å². The lowest BCUT2D eigenvalue weighted by Gasteiger charge is -2.31. The Morgan fingerprint density at radius 3 is 2.58 bits per heavy atom. The van der Waals surface area contributed by atoms with Crippen molar-refractivity contribution in [2.24, 2.45) is 11.7 Å². The van der Waals surface area contributed by atoms with Crippen LogP contribution in [0.1, 0.15) is 33.6 Å². The smallest absolute Gasteiger partial charge is 0.0363 e. The second-order valence-electron chi connectivity index (χ2n) is 4.20. The van der Waals surface area contributed by atoms with E-state index >= 15 is 0 Å². The van der Waals surface area contributed by atoms with E-state index < -0.39 is 0 Å². The number of alkyl halides is 1. The first-order valence-corrected chi connectivity index (χ1v) is 5.81. The van der Waals surface area contributed by atoms with E-state index in [2.05, 4.69) is 49.4 Å². The summed E-state index contributed by atoms with van der Waals surface area (Å²) in [5.74, 6) is 0.533. The van der Waals surface area contributed by atoms with E-state index in [0.717, 1.165) is 3.92 Å². The van der Waals surface area contributed by atoms with Crippen LogP contribution >= 0.6 is 22.6 Å². The summed E-state index contributed by atoms with van der Waals surface area (Å²) < 4.78 is 0.777. The fourth-order valence-corrected chi connectivity index (χ4v) is 2.21. The number of halogens is 1. The molecular formula is C10H18IN. The third-order valence-corrected chi connectivity index (χ3v) is 3.90. The van der Waals surface area contributed by atoms with Gasteiger partial charge >= 0.3 is 0 Å². The van der Waals surface area contributed by atoms with Crippen molar-refractivity contribution in [2.45, 2.75) is 43.1 Å². The van der Waals surface area contributed by atoms with E-state index in [4.69, 9.17) is 5.73 Å². The Morgan fingerprint density at radius 2 is 2.25 bits per heavy atom. The van der Waals surface area contributed by atoms with E-state index in [1.165, 1.54) is 18.4 Å². The highest BCUT2D eigenvalue weighted by Crippen LogP contribution is 2.34. The minimum absolute atomic E-state index is 0.0834. The van der Waals surface area contributed by atoms with Crippen molar-refractivity contribution in [1.29, 1.82) is 0 Å². The van der Waals surface area contributed by atoms with Gasteiger partial charge in [0.25, 0.3) is 0 Å². The van der Waals surface area contributed by atoms with Crippen LogP contribution in [0.2, 0.25) is 0 Å². The van der Waals surface area contributed by atoms with Gasteiger partial charge in [-0.25, -0.2) is 0 Å². The Balaban J connectivity index is 2.70. The molecule has 70 valence electrons. The summed E-state index contributed by atoms with van der Waals surface area (Å²) in [6.07, 6.45) is 4.72. The maximum absolute atomic E-state index is 6.26. The molecular weight excluding hydrogens is 261 g/mol. The minimum atomic E-state index is -0.0834. The highest BCUT2D eigenvalue weighted by Gasteiger charge is 2.31. The molecule has 0 radical (unpaired) electrons. The monoisotopic (exact) mass is 279 g/mol. The van der Waals surface area contributed by atoms with Gasteiger partial charge in [-0.3, -0.25) is 0 Å². The fourth-order valence-electron chi connectivity index (χ4n) is 1.49. The molecule has 1 rings (SSSR count). The number of allylic oxidation sites excluding steroid dienone is 1. The minimum Gasteiger partial charge on any atom is -0.322 e. The van der Waals surface area contributed by atoms with Gasteiger partial charge in [0.2, 0.25) is 0 Å². The lowest BCUT2D eigenvalue weighted by atomic mass is 9.82. The molecule has 1 nitrogen and oxygen atoms in total. The first-order chi connectivity index (χ1) is 5.44. The van der Waals surface area contributed by atoms with Gasteiger partial charge in [-0.15, -0.1) is 0 Å². The van der Waals surface area contributed by atoms with Crippen molar-refractivity contribution in [3.63, 3.8) is 0 Å². The lowest BCUT2D eigenvalue weighted by molar-refractivity contribution is 0.391. The SMILES string of the molecule is CC(C)C(C)(N)C1=CCC(I)C1. The molecule has 0 heterocycles. The molecule has 1 aliphatic rings. The molecule has 0 spiro atoms. The molecule has 2 heteroatoms. The Morgan fingerprint density at radius 1 is 1.67 bits per heavy atom. The van der Waals surface area contributed by atoms with Gasteiger partial charge < -0.3 is 5.73 Å². The standard InChI is InChI=1S/C10H18IN/c1-7(2)10(3,12)8-4-5-9(11)6-8/h4,7,9H,5-6,12H2,1-3H3. The maximum atomic E-state index is 6.26. The zero-order valence-corrected chi connectivity index (χ0v) is 10.3. The third-order valence-electron chi connectivity index (χ3n) is 2.95. The zero-order chi connectivity index (χ0) is 9.35. The van der Waals surface area contributed by atoms with Gasteiger partial charge in [-0.2, -0.15) is 0 Å². The molecule has 0 bridgehead atoms. The van der Waals surface area contributed by atoms with Crippen LogP contribution < -0.4 is 5.73 Å². The van der Waals surface area contributed by atoms with Crippen molar-refractivity contribution in [3.8, 4) is 0 Å². The summed E-state index contributed by atoms with van der Waals surface area (Å²) in [6, 6.07) is 0. The first-order valence-electron chi connectivity index (χ1n) is 4.57. The quantitative estimate of drug-likeness (QED) is 0.469. The number of hydrogen-bond donors (Lipinski definition) is 1. The predicted molar refractivity (Wildman–Crippen MR) is 62.6 cm³/mol. The molecule has 2 unspecified atom stereocenters. The zero-order valence-electron chi connectivity index (χ0n) is 8.10. The van der Waals surface area contributed by atoms with E-state index in [-0.39, 0.29) is 5.54 Å². The van der Waals surface area contributed by atoms with E-state index in [0.29, 0.717) is 5.92 Å². The van der Waals surface area contributed by atoms with Gasteiger partial charge in [0.1, 0.15) is 0 Å². The molecule has 0 amide bonds. The molecule has 0 aromatic carbocycles. The third kappa shape index (κ3) is 2.02. The number of hydrogen-bond acceptors (Lipinski definition) is 1. The van der Waals surface area contributed by atoms with Crippen molar-refractivity contribution in [2.75, 3.05) is 0 Å². The van der Waals surface area contributed by atoms with Gasteiger partial charge in [0.05, 0.1) is 0 Å². The maximum Gasteiger partial charge on any atom is 0.0363 e. The fraction of sp³-hybridized carbons (Fsp3) is 0.800. The molecule has 0 saturated carbocycles. The van der Waals surface area contributed by atoms with Crippen molar-refractivity contribution in [3.05, 3.63) is 11.6 Å². The Bertz CT molecular complexity index is 194. The van der Waals surface area contributed by atoms with Crippen LogP contribution in [0.4, 0.5) is 0 Å². The summed E-state index contributed by atoms with van der Waals surface area (Å²) in [5, 5.41) is 0. The predicted octanol–water partition coefficient (Wildman–Crippen LogP) is 2.88. The van der Waals surface area contributed by atoms with Crippen LogP contribution in [-0.2, 0) is 0 Å². The molecule has 0 aromatic rings. The van der Waals surface area contributed by atoms with E-state index in [1.807, 2.05) is 0 Å². The highest BCUT2D eigenvalue weighted by molar-refractivity contribution is 14.1. The molecule has 12 heavy (non-hydrogen) atoms. The highest BCUT2D eigenvalue weighted by atomic mass is 127. The Kier molecular flexibility index (Phi) is 3.21. The van der Waals surface area contributed by atoms with E-state index in [9.17, 15) is 0 Å². The summed E-state index contributed by atoms with van der Waals surface area (Å²) >= 11 is 2.50. The molecule has 0 aliphatic heterocycles. The summed E-state index contributed by atoms with van der Waals surface area (Å²) in [7, 11) is 0. The Labute approximate surface area is 88.9 Å². The van der Waals surface area contributed by atoms with Crippen LogP contribution in [0.3, 0.4) is 0 Å². The first kappa shape index (κ1) is 10.5. The van der Waals surface area contributed by atoms with Crippen LogP contribution in [0.15, 0.2) is 11.6 Å². The summed E-state index contributed by atoms with van der Waals surface area (Å²) in [6.45, 7) is 6.54. The molecule has 0 fully saturated rings. The average Bonchev–Trinajstić information content (AvgIpc) is 2.35. The Hall–Kier alpha value is 0.430. The molecule has 2 N–H and O–H groups in total. The van der Waals surface area contributed by atoms with Crippen LogP contribution in [-0.4, -0.2) is 9.46 Å². The van der Waals surface area contributed by atoms with E-state index in [1.54, 1.807) is 0 Å².